The Hall–Kier alpha value is -1.58. The van der Waals surface area contributed by atoms with Gasteiger partial charge in [-0.3, -0.25) is 4.79 Å². The Morgan fingerprint density at radius 1 is 1.17 bits per heavy atom. The van der Waals surface area contributed by atoms with Gasteiger partial charge in [0.05, 0.1) is 5.92 Å². The molecule has 100 valence electrons. The lowest BCUT2D eigenvalue weighted by atomic mass is 10.1. The zero-order chi connectivity index (χ0) is 13.4. The number of carbonyl (C=O) groups excluding carboxylic acids is 2. The summed E-state index contributed by atoms with van der Waals surface area (Å²) in [4.78, 5) is 22.5. The molecule has 1 aliphatic rings. The lowest BCUT2D eigenvalue weighted by Crippen LogP contribution is -2.14. The zero-order valence-corrected chi connectivity index (χ0v) is 10.8. The van der Waals surface area contributed by atoms with Crippen LogP contribution in [0.15, 0.2) is 24.3 Å². The fraction of sp³-hybridized carbons (Fsp3) is 0.571. The molecule has 1 aliphatic carbocycles. The number of esters is 2. The van der Waals surface area contributed by atoms with Gasteiger partial charge >= 0.3 is 11.9 Å². The molecule has 0 bridgehead atoms. The topological polar surface area (TPSA) is 52.6 Å². The molecule has 0 aromatic carbocycles. The van der Waals surface area contributed by atoms with Gasteiger partial charge in [0, 0.05) is 5.57 Å². The van der Waals surface area contributed by atoms with Gasteiger partial charge in [-0.15, -0.1) is 0 Å². The minimum absolute atomic E-state index is 0.0830. The summed E-state index contributed by atoms with van der Waals surface area (Å²) in [5.74, 6) is -0.446. The van der Waals surface area contributed by atoms with E-state index >= 15 is 0 Å². The van der Waals surface area contributed by atoms with E-state index in [-0.39, 0.29) is 25.1 Å². The van der Waals surface area contributed by atoms with Crippen molar-refractivity contribution in [2.45, 2.75) is 32.6 Å². The molecule has 18 heavy (non-hydrogen) atoms. The maximum atomic E-state index is 11.5. The first-order valence-corrected chi connectivity index (χ1v) is 6.25. The summed E-state index contributed by atoms with van der Waals surface area (Å²) in [5.41, 5.74) is 0.371. The lowest BCUT2D eigenvalue weighted by molar-refractivity contribution is -0.147. The Balaban J connectivity index is 2.08. The molecule has 0 aliphatic heterocycles. The second kappa shape index (κ2) is 7.69. The Morgan fingerprint density at radius 2 is 1.72 bits per heavy atom. The van der Waals surface area contributed by atoms with Crippen LogP contribution in [0.4, 0.5) is 0 Å². The first-order chi connectivity index (χ1) is 8.61. The zero-order valence-electron chi connectivity index (χ0n) is 10.8. The Labute approximate surface area is 108 Å². The first-order valence-electron chi connectivity index (χ1n) is 6.25. The van der Waals surface area contributed by atoms with Crippen molar-refractivity contribution in [2.24, 2.45) is 5.92 Å². The SMILES string of the molecule is C=C(C)C(=O)OC/C=C\COC(=O)C1CCCC1. The van der Waals surface area contributed by atoms with Crippen molar-refractivity contribution < 1.29 is 19.1 Å². The van der Waals surface area contributed by atoms with Crippen LogP contribution in [-0.2, 0) is 19.1 Å². The smallest absolute Gasteiger partial charge is 0.333 e. The van der Waals surface area contributed by atoms with Gasteiger partial charge in [0.15, 0.2) is 0 Å². The maximum Gasteiger partial charge on any atom is 0.333 e. The summed E-state index contributed by atoms with van der Waals surface area (Å²) >= 11 is 0. The third kappa shape index (κ3) is 5.17. The monoisotopic (exact) mass is 252 g/mol. The molecule has 0 N–H and O–H groups in total. The Bertz CT molecular complexity index is 338. The van der Waals surface area contributed by atoms with Crippen LogP contribution in [0, 0.1) is 5.92 Å². The van der Waals surface area contributed by atoms with E-state index in [0.29, 0.717) is 5.57 Å². The van der Waals surface area contributed by atoms with Gasteiger partial charge in [-0.2, -0.15) is 0 Å². The fourth-order valence-electron chi connectivity index (χ4n) is 1.79. The molecule has 0 atom stereocenters. The van der Waals surface area contributed by atoms with E-state index in [9.17, 15) is 9.59 Å². The summed E-state index contributed by atoms with van der Waals surface area (Å²) in [6, 6.07) is 0. The number of ether oxygens (including phenoxy) is 2. The predicted molar refractivity (Wildman–Crippen MR) is 67.8 cm³/mol. The highest BCUT2D eigenvalue weighted by Crippen LogP contribution is 2.25. The van der Waals surface area contributed by atoms with Crippen LogP contribution in [0.1, 0.15) is 32.6 Å². The van der Waals surface area contributed by atoms with Gasteiger partial charge in [0.1, 0.15) is 13.2 Å². The molecule has 4 nitrogen and oxygen atoms in total. The molecule has 1 fully saturated rings. The Morgan fingerprint density at radius 3 is 2.28 bits per heavy atom. The maximum absolute atomic E-state index is 11.5. The van der Waals surface area contributed by atoms with Gasteiger partial charge in [-0.25, -0.2) is 4.79 Å². The van der Waals surface area contributed by atoms with Crippen molar-refractivity contribution in [2.75, 3.05) is 13.2 Å². The molecular weight excluding hydrogens is 232 g/mol. The lowest BCUT2D eigenvalue weighted by Gasteiger charge is -2.07. The summed E-state index contributed by atoms with van der Waals surface area (Å²) in [5, 5.41) is 0. The molecule has 0 heterocycles. The summed E-state index contributed by atoms with van der Waals surface area (Å²) in [6.45, 7) is 5.47. The third-order valence-electron chi connectivity index (χ3n) is 2.84. The molecule has 0 amide bonds. The minimum atomic E-state index is -0.414. The quantitative estimate of drug-likeness (QED) is 0.414. The van der Waals surface area contributed by atoms with Gasteiger partial charge in [-0.1, -0.05) is 19.4 Å². The molecule has 0 aromatic heterocycles. The normalized spacial score (nSPS) is 15.8. The van der Waals surface area contributed by atoms with E-state index in [1.54, 1.807) is 19.1 Å². The molecule has 1 saturated carbocycles. The van der Waals surface area contributed by atoms with Crippen molar-refractivity contribution in [1.82, 2.24) is 0 Å². The van der Waals surface area contributed by atoms with Crippen LogP contribution in [0.25, 0.3) is 0 Å². The predicted octanol–water partition coefficient (Wildman–Crippen LogP) is 2.40. The number of hydrogen-bond acceptors (Lipinski definition) is 4. The second-order valence-electron chi connectivity index (χ2n) is 4.46. The van der Waals surface area contributed by atoms with Gasteiger partial charge in [-0.05, 0) is 31.9 Å². The highest BCUT2D eigenvalue weighted by Gasteiger charge is 2.23. The van der Waals surface area contributed by atoms with Gasteiger partial charge in [0.2, 0.25) is 0 Å². The summed E-state index contributed by atoms with van der Waals surface area (Å²) < 4.78 is 9.94. The first kappa shape index (κ1) is 14.5. The molecule has 0 unspecified atom stereocenters. The van der Waals surface area contributed by atoms with Crippen molar-refractivity contribution in [3.63, 3.8) is 0 Å². The van der Waals surface area contributed by atoms with Crippen LogP contribution < -0.4 is 0 Å². The largest absolute Gasteiger partial charge is 0.461 e. The van der Waals surface area contributed by atoms with E-state index in [1.807, 2.05) is 0 Å². The Kier molecular flexibility index (Phi) is 6.19. The van der Waals surface area contributed by atoms with Crippen molar-refractivity contribution in [1.29, 1.82) is 0 Å². The van der Waals surface area contributed by atoms with Crippen LogP contribution in [-0.4, -0.2) is 25.2 Å². The van der Waals surface area contributed by atoms with Gasteiger partial charge < -0.3 is 9.47 Å². The second-order valence-corrected chi connectivity index (χ2v) is 4.46. The van der Waals surface area contributed by atoms with E-state index in [0.717, 1.165) is 25.7 Å². The molecule has 0 aromatic rings. The number of rotatable bonds is 6. The van der Waals surface area contributed by atoms with Gasteiger partial charge in [0.25, 0.3) is 0 Å². The average Bonchev–Trinajstić information content (AvgIpc) is 2.86. The number of carbonyl (C=O) groups is 2. The van der Waals surface area contributed by atoms with Crippen LogP contribution >= 0.6 is 0 Å². The number of hydrogen-bond donors (Lipinski definition) is 0. The molecule has 0 saturated heterocycles. The molecule has 1 rings (SSSR count). The van der Waals surface area contributed by atoms with E-state index in [1.165, 1.54) is 0 Å². The van der Waals surface area contributed by atoms with Crippen LogP contribution in [0.2, 0.25) is 0 Å². The third-order valence-corrected chi connectivity index (χ3v) is 2.84. The molecular formula is C14H20O4. The van der Waals surface area contributed by atoms with E-state index in [2.05, 4.69) is 6.58 Å². The highest BCUT2D eigenvalue weighted by atomic mass is 16.5. The minimum Gasteiger partial charge on any atom is -0.461 e. The van der Waals surface area contributed by atoms with Crippen LogP contribution in [0.3, 0.4) is 0 Å². The average molecular weight is 252 g/mol. The van der Waals surface area contributed by atoms with E-state index in [4.69, 9.17) is 9.47 Å². The van der Waals surface area contributed by atoms with Crippen molar-refractivity contribution >= 4 is 11.9 Å². The molecule has 0 spiro atoms. The van der Waals surface area contributed by atoms with Crippen molar-refractivity contribution in [3.05, 3.63) is 24.3 Å². The highest BCUT2D eigenvalue weighted by molar-refractivity contribution is 5.86. The van der Waals surface area contributed by atoms with E-state index < -0.39 is 5.97 Å². The summed E-state index contributed by atoms with van der Waals surface area (Å²) in [7, 11) is 0. The fourth-order valence-corrected chi connectivity index (χ4v) is 1.79. The standard InChI is InChI=1S/C14H20O4/c1-11(2)13(15)17-9-5-6-10-18-14(16)12-7-3-4-8-12/h5-6,12H,1,3-4,7-10H2,2H3/b6-5-. The van der Waals surface area contributed by atoms with Crippen LogP contribution in [0.5, 0.6) is 0 Å². The van der Waals surface area contributed by atoms with Crippen molar-refractivity contribution in [3.8, 4) is 0 Å². The molecule has 4 heteroatoms. The summed E-state index contributed by atoms with van der Waals surface area (Å²) in [6.07, 6.45) is 7.46. The molecule has 0 radical (unpaired) electrons.